The van der Waals surface area contributed by atoms with Crippen LogP contribution < -0.4 is 10.6 Å². The van der Waals surface area contributed by atoms with Gasteiger partial charge in [0.05, 0.1) is 0 Å². The predicted octanol–water partition coefficient (Wildman–Crippen LogP) is 5.98. The zero-order valence-corrected chi connectivity index (χ0v) is 16.7. The molecule has 3 aromatic rings. The minimum atomic E-state index is -0.187. The van der Waals surface area contributed by atoms with E-state index in [9.17, 15) is 9.59 Å². The molecule has 27 heavy (non-hydrogen) atoms. The maximum Gasteiger partial charge on any atom is 0.256 e. The summed E-state index contributed by atoms with van der Waals surface area (Å²) in [5, 5.41) is 7.66. The van der Waals surface area contributed by atoms with Crippen molar-refractivity contribution in [2.75, 3.05) is 10.6 Å². The maximum absolute atomic E-state index is 12.8. The summed E-state index contributed by atoms with van der Waals surface area (Å²) < 4.78 is 0.950. The highest BCUT2D eigenvalue weighted by molar-refractivity contribution is 9.10. The van der Waals surface area contributed by atoms with Crippen molar-refractivity contribution in [2.45, 2.75) is 26.2 Å². The minimum absolute atomic E-state index is 0.0146. The summed E-state index contributed by atoms with van der Waals surface area (Å²) in [7, 11) is 0. The molecular weight excluding hydrogens is 404 g/mol. The SMILES string of the molecule is CCCCC(=O)Nc1cccc(NC(=O)c2cccc3c(Br)cccc23)c1. The van der Waals surface area contributed by atoms with Gasteiger partial charge in [-0.2, -0.15) is 0 Å². The van der Waals surface area contributed by atoms with Crippen LogP contribution in [0, 0.1) is 0 Å². The first-order chi connectivity index (χ1) is 13.1. The fourth-order valence-corrected chi connectivity index (χ4v) is 3.40. The van der Waals surface area contributed by atoms with E-state index in [1.807, 2.05) is 42.5 Å². The van der Waals surface area contributed by atoms with Gasteiger partial charge in [0, 0.05) is 27.8 Å². The molecule has 0 atom stereocenters. The molecular formula is C22H21BrN2O2. The van der Waals surface area contributed by atoms with Crippen molar-refractivity contribution >= 4 is 49.9 Å². The molecule has 0 aromatic heterocycles. The van der Waals surface area contributed by atoms with E-state index in [0.29, 0.717) is 23.4 Å². The smallest absolute Gasteiger partial charge is 0.256 e. The van der Waals surface area contributed by atoms with E-state index in [2.05, 4.69) is 33.5 Å². The summed E-state index contributed by atoms with van der Waals surface area (Å²) in [6, 6.07) is 18.6. The van der Waals surface area contributed by atoms with Crippen molar-refractivity contribution < 1.29 is 9.59 Å². The fourth-order valence-electron chi connectivity index (χ4n) is 2.90. The van der Waals surface area contributed by atoms with Crippen LogP contribution in [-0.4, -0.2) is 11.8 Å². The normalized spacial score (nSPS) is 10.6. The van der Waals surface area contributed by atoms with Crippen molar-refractivity contribution in [3.05, 3.63) is 70.7 Å². The quantitative estimate of drug-likeness (QED) is 0.510. The molecule has 0 heterocycles. The lowest BCUT2D eigenvalue weighted by atomic mass is 10.0. The topological polar surface area (TPSA) is 58.2 Å². The van der Waals surface area contributed by atoms with Crippen LogP contribution in [0.4, 0.5) is 11.4 Å². The lowest BCUT2D eigenvalue weighted by Gasteiger charge is -2.11. The van der Waals surface area contributed by atoms with Gasteiger partial charge in [0.25, 0.3) is 5.91 Å². The van der Waals surface area contributed by atoms with Crippen molar-refractivity contribution in [3.63, 3.8) is 0 Å². The first-order valence-corrected chi connectivity index (χ1v) is 9.76. The van der Waals surface area contributed by atoms with Crippen LogP contribution in [0.15, 0.2) is 65.1 Å². The minimum Gasteiger partial charge on any atom is -0.326 e. The van der Waals surface area contributed by atoms with E-state index in [-0.39, 0.29) is 11.8 Å². The van der Waals surface area contributed by atoms with Crippen LogP contribution in [0.3, 0.4) is 0 Å². The Balaban J connectivity index is 1.78. The number of carbonyl (C=O) groups excluding carboxylic acids is 2. The van der Waals surface area contributed by atoms with Gasteiger partial charge in [0.1, 0.15) is 0 Å². The summed E-state index contributed by atoms with van der Waals surface area (Å²) in [4.78, 5) is 24.7. The Morgan fingerprint density at radius 3 is 2.33 bits per heavy atom. The van der Waals surface area contributed by atoms with Crippen molar-refractivity contribution in [1.29, 1.82) is 0 Å². The average molecular weight is 425 g/mol. The van der Waals surface area contributed by atoms with Crippen LogP contribution >= 0.6 is 15.9 Å². The number of anilines is 2. The Morgan fingerprint density at radius 2 is 1.56 bits per heavy atom. The van der Waals surface area contributed by atoms with Crippen LogP contribution in [0.5, 0.6) is 0 Å². The summed E-state index contributed by atoms with van der Waals surface area (Å²) in [6.07, 6.45) is 2.33. The summed E-state index contributed by atoms with van der Waals surface area (Å²) in [6.45, 7) is 2.05. The zero-order chi connectivity index (χ0) is 19.2. The summed E-state index contributed by atoms with van der Waals surface area (Å²) in [5.74, 6) is -0.201. The highest BCUT2D eigenvalue weighted by atomic mass is 79.9. The molecule has 3 rings (SSSR count). The van der Waals surface area contributed by atoms with Crippen molar-refractivity contribution in [2.24, 2.45) is 0 Å². The number of amides is 2. The highest BCUT2D eigenvalue weighted by Gasteiger charge is 2.12. The van der Waals surface area contributed by atoms with Crippen LogP contribution in [0.2, 0.25) is 0 Å². The fraction of sp³-hybridized carbons (Fsp3) is 0.182. The van der Waals surface area contributed by atoms with Gasteiger partial charge in [0.2, 0.25) is 5.91 Å². The molecule has 0 bridgehead atoms. The van der Waals surface area contributed by atoms with E-state index in [0.717, 1.165) is 28.1 Å². The van der Waals surface area contributed by atoms with E-state index in [4.69, 9.17) is 0 Å². The summed E-state index contributed by atoms with van der Waals surface area (Å²) in [5.41, 5.74) is 1.92. The average Bonchev–Trinajstić information content (AvgIpc) is 2.66. The Hall–Kier alpha value is -2.66. The molecule has 0 aliphatic heterocycles. The number of nitrogens with one attached hydrogen (secondary N) is 2. The number of hydrogen-bond donors (Lipinski definition) is 2. The standard InChI is InChI=1S/C22H21BrN2O2/c1-2-3-13-21(26)24-15-7-4-8-16(14-15)25-22(27)19-11-5-10-18-17(19)9-6-12-20(18)23/h4-12,14H,2-3,13H2,1H3,(H,24,26)(H,25,27). The second-order valence-corrected chi connectivity index (χ2v) is 7.18. The Labute approximate surface area is 167 Å². The van der Waals surface area contributed by atoms with Crippen LogP contribution in [0.1, 0.15) is 36.5 Å². The lowest BCUT2D eigenvalue weighted by Crippen LogP contribution is -2.14. The van der Waals surface area contributed by atoms with Crippen molar-refractivity contribution in [1.82, 2.24) is 0 Å². The molecule has 2 amide bonds. The second kappa shape index (κ2) is 8.82. The highest BCUT2D eigenvalue weighted by Crippen LogP contribution is 2.27. The molecule has 3 aromatic carbocycles. The molecule has 5 heteroatoms. The van der Waals surface area contributed by atoms with E-state index in [1.165, 1.54) is 0 Å². The molecule has 138 valence electrons. The number of halogens is 1. The molecule has 0 spiro atoms. The number of fused-ring (bicyclic) bond motifs is 1. The van der Waals surface area contributed by atoms with Gasteiger partial charge in [-0.1, -0.05) is 59.6 Å². The van der Waals surface area contributed by atoms with Gasteiger partial charge < -0.3 is 10.6 Å². The van der Waals surface area contributed by atoms with Crippen LogP contribution in [-0.2, 0) is 4.79 Å². The third kappa shape index (κ3) is 4.74. The van der Waals surface area contributed by atoms with Gasteiger partial charge in [-0.25, -0.2) is 0 Å². The van der Waals surface area contributed by atoms with Crippen LogP contribution in [0.25, 0.3) is 10.8 Å². The second-order valence-electron chi connectivity index (χ2n) is 6.33. The lowest BCUT2D eigenvalue weighted by molar-refractivity contribution is -0.116. The predicted molar refractivity (Wildman–Crippen MR) is 114 cm³/mol. The third-order valence-electron chi connectivity index (χ3n) is 4.28. The summed E-state index contributed by atoms with van der Waals surface area (Å²) >= 11 is 3.53. The Bertz CT molecular complexity index is 985. The molecule has 0 radical (unpaired) electrons. The Morgan fingerprint density at radius 1 is 0.889 bits per heavy atom. The number of hydrogen-bond acceptors (Lipinski definition) is 2. The van der Waals surface area contributed by atoms with E-state index < -0.39 is 0 Å². The molecule has 0 aliphatic carbocycles. The number of rotatable bonds is 6. The third-order valence-corrected chi connectivity index (χ3v) is 4.97. The van der Waals surface area contributed by atoms with Gasteiger partial charge >= 0.3 is 0 Å². The number of carbonyl (C=O) groups is 2. The van der Waals surface area contributed by atoms with E-state index in [1.54, 1.807) is 18.2 Å². The van der Waals surface area contributed by atoms with E-state index >= 15 is 0 Å². The molecule has 2 N–H and O–H groups in total. The molecule has 0 unspecified atom stereocenters. The number of benzene rings is 3. The molecule has 0 aliphatic rings. The van der Waals surface area contributed by atoms with Crippen molar-refractivity contribution in [3.8, 4) is 0 Å². The first-order valence-electron chi connectivity index (χ1n) is 8.97. The monoisotopic (exact) mass is 424 g/mol. The van der Waals surface area contributed by atoms with Gasteiger partial charge in [-0.15, -0.1) is 0 Å². The molecule has 0 fully saturated rings. The molecule has 0 saturated carbocycles. The van der Waals surface area contributed by atoms with Gasteiger partial charge in [-0.3, -0.25) is 9.59 Å². The maximum atomic E-state index is 12.8. The van der Waals surface area contributed by atoms with Gasteiger partial charge in [0.15, 0.2) is 0 Å². The first kappa shape index (κ1) is 19.1. The zero-order valence-electron chi connectivity index (χ0n) is 15.1. The largest absolute Gasteiger partial charge is 0.326 e. The number of unbranched alkanes of at least 4 members (excludes halogenated alkanes) is 1. The van der Waals surface area contributed by atoms with Gasteiger partial charge in [-0.05, 0) is 47.5 Å². The molecule has 0 saturated heterocycles. The molecule has 4 nitrogen and oxygen atoms in total. The Kier molecular flexibility index (Phi) is 6.24.